The molecule has 1 rings (SSSR count). The number of aromatic amines is 1. The highest BCUT2D eigenvalue weighted by Crippen LogP contribution is 2.13. The molecule has 9 heteroatoms. The smallest absolute Gasteiger partial charge is 0.318 e. The summed E-state index contributed by atoms with van der Waals surface area (Å²) in [5.41, 5.74) is 0. The van der Waals surface area contributed by atoms with Gasteiger partial charge in [0.05, 0.1) is 6.20 Å². The van der Waals surface area contributed by atoms with Crippen LogP contribution in [-0.2, 0) is 21.2 Å². The number of hydrogen-bond donors (Lipinski definition) is 2. The van der Waals surface area contributed by atoms with E-state index < -0.39 is 22.5 Å². The molecule has 0 unspecified atom stereocenters. The second-order valence-corrected chi connectivity index (χ2v) is 6.49. The molecule has 20 heavy (non-hydrogen) atoms. The molecule has 1 heterocycles. The summed E-state index contributed by atoms with van der Waals surface area (Å²) in [5, 5.41) is 8.79. The van der Waals surface area contributed by atoms with Gasteiger partial charge >= 0.3 is 5.97 Å². The predicted molar refractivity (Wildman–Crippen MR) is 72.9 cm³/mol. The number of H-pyrrole nitrogens is 1. The fraction of sp³-hybridized carbons (Fsp3) is 0.636. The topological polar surface area (TPSA) is 107 Å². The van der Waals surface area contributed by atoms with Crippen molar-refractivity contribution in [2.45, 2.75) is 18.4 Å². The van der Waals surface area contributed by atoms with Crippen molar-refractivity contribution >= 4 is 16.0 Å². The second kappa shape index (κ2) is 6.82. The molecule has 0 fully saturated rings. The number of nitrogens with zero attached hydrogens (tertiary/aromatic N) is 3. The number of rotatable bonds is 8. The number of carboxylic acids is 1. The summed E-state index contributed by atoms with van der Waals surface area (Å²) in [7, 11) is -0.296. The van der Waals surface area contributed by atoms with Gasteiger partial charge in [-0.2, -0.15) is 4.31 Å². The molecule has 2 N–H and O–H groups in total. The Bertz CT molecular complexity index is 553. The predicted octanol–water partition coefficient (Wildman–Crippen LogP) is -0.391. The SMILES string of the molecule is CCc1ncc(S(=O)(=O)N(CCN(C)C)CC(=O)O)[nH]1. The first kappa shape index (κ1) is 16.6. The number of carbonyl (C=O) groups is 1. The fourth-order valence-electron chi connectivity index (χ4n) is 1.54. The fourth-order valence-corrected chi connectivity index (χ4v) is 2.85. The van der Waals surface area contributed by atoms with Gasteiger partial charge in [0.25, 0.3) is 10.0 Å². The molecule has 1 aromatic heterocycles. The summed E-state index contributed by atoms with van der Waals surface area (Å²) in [6, 6.07) is 0. The standard InChI is InChI=1S/C11H20N4O4S/c1-4-9-12-7-10(13-9)20(18,19)15(8-11(16)17)6-5-14(2)3/h7H,4-6,8H2,1-3H3,(H,12,13)(H,16,17). The van der Waals surface area contributed by atoms with Crippen molar-refractivity contribution in [3.63, 3.8) is 0 Å². The van der Waals surface area contributed by atoms with Crippen LogP contribution in [0.2, 0.25) is 0 Å². The lowest BCUT2D eigenvalue weighted by molar-refractivity contribution is -0.137. The van der Waals surface area contributed by atoms with Gasteiger partial charge in [-0.05, 0) is 14.1 Å². The first-order valence-corrected chi connectivity index (χ1v) is 7.62. The van der Waals surface area contributed by atoms with Gasteiger partial charge in [-0.1, -0.05) is 6.92 Å². The highest BCUT2D eigenvalue weighted by atomic mass is 32.2. The highest BCUT2D eigenvalue weighted by Gasteiger charge is 2.28. The van der Waals surface area contributed by atoms with Crippen LogP contribution in [0.15, 0.2) is 11.2 Å². The molecule has 0 saturated heterocycles. The van der Waals surface area contributed by atoms with Gasteiger partial charge in [0.2, 0.25) is 0 Å². The van der Waals surface area contributed by atoms with E-state index in [-0.39, 0.29) is 11.6 Å². The van der Waals surface area contributed by atoms with Crippen molar-refractivity contribution in [3.05, 3.63) is 12.0 Å². The van der Waals surface area contributed by atoms with E-state index in [1.165, 1.54) is 6.20 Å². The lowest BCUT2D eigenvalue weighted by Gasteiger charge is -2.21. The zero-order valence-corrected chi connectivity index (χ0v) is 12.6. The maximum atomic E-state index is 12.4. The van der Waals surface area contributed by atoms with Crippen LogP contribution >= 0.6 is 0 Å². The third kappa shape index (κ3) is 4.29. The monoisotopic (exact) mass is 304 g/mol. The van der Waals surface area contributed by atoms with E-state index in [1.54, 1.807) is 19.0 Å². The van der Waals surface area contributed by atoms with Crippen molar-refractivity contribution in [2.24, 2.45) is 0 Å². The molecular formula is C11H20N4O4S. The van der Waals surface area contributed by atoms with Gasteiger partial charge in [-0.3, -0.25) is 4.79 Å². The van der Waals surface area contributed by atoms with Gasteiger partial charge in [0.15, 0.2) is 5.03 Å². The summed E-state index contributed by atoms with van der Waals surface area (Å²) >= 11 is 0. The quantitative estimate of drug-likeness (QED) is 0.677. The number of sulfonamides is 1. The first-order chi connectivity index (χ1) is 9.27. The van der Waals surface area contributed by atoms with Crippen molar-refractivity contribution in [3.8, 4) is 0 Å². The summed E-state index contributed by atoms with van der Waals surface area (Å²) in [6.07, 6.45) is 1.80. The Morgan fingerprint density at radius 3 is 2.50 bits per heavy atom. The lowest BCUT2D eigenvalue weighted by atomic mass is 10.5. The second-order valence-electron chi connectivity index (χ2n) is 4.58. The third-order valence-electron chi connectivity index (χ3n) is 2.67. The van der Waals surface area contributed by atoms with E-state index in [0.29, 0.717) is 18.8 Å². The summed E-state index contributed by atoms with van der Waals surface area (Å²) in [6.45, 7) is 1.80. The van der Waals surface area contributed by atoms with Crippen LogP contribution in [0.1, 0.15) is 12.7 Å². The van der Waals surface area contributed by atoms with Crippen LogP contribution in [0.25, 0.3) is 0 Å². The molecule has 0 saturated carbocycles. The average Bonchev–Trinajstić information content (AvgIpc) is 2.83. The van der Waals surface area contributed by atoms with Gasteiger partial charge in [-0.15, -0.1) is 0 Å². The Morgan fingerprint density at radius 1 is 1.40 bits per heavy atom. The van der Waals surface area contributed by atoms with Crippen molar-refractivity contribution < 1.29 is 18.3 Å². The Labute approximate surface area is 118 Å². The van der Waals surface area contributed by atoms with E-state index in [2.05, 4.69) is 9.97 Å². The van der Waals surface area contributed by atoms with E-state index in [1.807, 2.05) is 6.92 Å². The Morgan fingerprint density at radius 2 is 2.05 bits per heavy atom. The number of aliphatic carboxylic acids is 1. The molecule has 0 bridgehead atoms. The van der Waals surface area contributed by atoms with Crippen LogP contribution in [0.4, 0.5) is 0 Å². The number of likely N-dealkylation sites (N-methyl/N-ethyl adjacent to an activating group) is 1. The molecule has 0 radical (unpaired) electrons. The molecule has 0 aliphatic rings. The normalized spacial score (nSPS) is 12.2. The third-order valence-corrected chi connectivity index (χ3v) is 4.42. The minimum atomic E-state index is -3.87. The minimum Gasteiger partial charge on any atom is -0.480 e. The molecule has 0 aromatic carbocycles. The van der Waals surface area contributed by atoms with Crippen LogP contribution in [0.3, 0.4) is 0 Å². The maximum Gasteiger partial charge on any atom is 0.318 e. The molecular weight excluding hydrogens is 284 g/mol. The average molecular weight is 304 g/mol. The van der Waals surface area contributed by atoms with Crippen LogP contribution < -0.4 is 0 Å². The number of imidazole rings is 1. The molecule has 114 valence electrons. The van der Waals surface area contributed by atoms with Crippen LogP contribution in [0.5, 0.6) is 0 Å². The zero-order chi connectivity index (χ0) is 15.3. The Kier molecular flexibility index (Phi) is 5.66. The van der Waals surface area contributed by atoms with E-state index in [4.69, 9.17) is 5.11 Å². The summed E-state index contributed by atoms with van der Waals surface area (Å²) in [4.78, 5) is 19.3. The van der Waals surface area contributed by atoms with Gasteiger partial charge < -0.3 is 15.0 Å². The molecule has 0 atom stereocenters. The highest BCUT2D eigenvalue weighted by molar-refractivity contribution is 7.89. The largest absolute Gasteiger partial charge is 0.480 e. The molecule has 1 aromatic rings. The summed E-state index contributed by atoms with van der Waals surface area (Å²) < 4.78 is 25.7. The van der Waals surface area contributed by atoms with Crippen molar-refractivity contribution in [2.75, 3.05) is 33.7 Å². The number of carboxylic acid groups (broad SMARTS) is 1. The number of aryl methyl sites for hydroxylation is 1. The van der Waals surface area contributed by atoms with Gasteiger partial charge in [0.1, 0.15) is 12.4 Å². The molecule has 8 nitrogen and oxygen atoms in total. The number of nitrogens with one attached hydrogen (secondary N) is 1. The molecule has 0 aliphatic carbocycles. The first-order valence-electron chi connectivity index (χ1n) is 6.18. The Balaban J connectivity index is 2.99. The van der Waals surface area contributed by atoms with Crippen molar-refractivity contribution in [1.82, 2.24) is 19.2 Å². The van der Waals surface area contributed by atoms with E-state index in [9.17, 15) is 13.2 Å². The van der Waals surface area contributed by atoms with Gasteiger partial charge in [-0.25, -0.2) is 13.4 Å². The summed E-state index contributed by atoms with van der Waals surface area (Å²) in [5.74, 6) is -0.644. The van der Waals surface area contributed by atoms with Crippen molar-refractivity contribution in [1.29, 1.82) is 0 Å². The van der Waals surface area contributed by atoms with Crippen LogP contribution in [-0.4, -0.2) is 72.4 Å². The van der Waals surface area contributed by atoms with Gasteiger partial charge in [0, 0.05) is 19.5 Å². The molecule has 0 spiro atoms. The number of aromatic nitrogens is 2. The van der Waals surface area contributed by atoms with E-state index in [0.717, 1.165) is 4.31 Å². The zero-order valence-electron chi connectivity index (χ0n) is 11.8. The molecule has 0 amide bonds. The minimum absolute atomic E-state index is 0.0747. The van der Waals surface area contributed by atoms with Crippen LogP contribution in [0, 0.1) is 0 Å². The Hall–Kier alpha value is -1.45. The maximum absolute atomic E-state index is 12.4. The lowest BCUT2D eigenvalue weighted by Crippen LogP contribution is -2.40. The number of hydrogen-bond acceptors (Lipinski definition) is 5. The molecule has 0 aliphatic heterocycles. The van der Waals surface area contributed by atoms with E-state index >= 15 is 0 Å².